The van der Waals surface area contributed by atoms with E-state index in [1.54, 1.807) is 30.3 Å². The number of carbonyl (C=O) groups excluding carboxylic acids is 2. The van der Waals surface area contributed by atoms with E-state index in [1.807, 2.05) is 43.3 Å². The van der Waals surface area contributed by atoms with Gasteiger partial charge in [0.25, 0.3) is 11.8 Å². The van der Waals surface area contributed by atoms with Crippen molar-refractivity contribution in [2.24, 2.45) is 0 Å². The lowest BCUT2D eigenvalue weighted by atomic mass is 10.2. The van der Waals surface area contributed by atoms with Crippen LogP contribution in [0.15, 0.2) is 53.4 Å². The quantitative estimate of drug-likeness (QED) is 0.603. The van der Waals surface area contributed by atoms with Crippen LogP contribution < -0.4 is 10.3 Å². The molecule has 5 nitrogen and oxygen atoms in total. The van der Waals surface area contributed by atoms with Gasteiger partial charge in [-0.25, -0.2) is 0 Å². The van der Waals surface area contributed by atoms with E-state index < -0.39 is 5.91 Å². The number of carbonyl (C=O) groups is 2. The third-order valence-corrected chi connectivity index (χ3v) is 5.37. The summed E-state index contributed by atoms with van der Waals surface area (Å²) in [6.45, 7) is 0. The van der Waals surface area contributed by atoms with Crippen molar-refractivity contribution < 1.29 is 9.59 Å². The molecule has 1 aliphatic rings. The maximum absolute atomic E-state index is 12.6. The molecule has 0 radical (unpaired) electrons. The van der Waals surface area contributed by atoms with Gasteiger partial charge in [0.05, 0.1) is 4.91 Å². The highest BCUT2D eigenvalue weighted by molar-refractivity contribution is 8.26. The third kappa shape index (κ3) is 4.50. The van der Waals surface area contributed by atoms with Gasteiger partial charge in [0, 0.05) is 30.4 Å². The Morgan fingerprint density at radius 1 is 1.15 bits per heavy atom. The lowest BCUT2D eigenvalue weighted by Gasteiger charge is -2.15. The zero-order valence-corrected chi connectivity index (χ0v) is 17.0. The summed E-state index contributed by atoms with van der Waals surface area (Å²) in [4.78, 5) is 27.4. The van der Waals surface area contributed by atoms with Gasteiger partial charge in [-0.1, -0.05) is 35.5 Å². The van der Waals surface area contributed by atoms with Crippen molar-refractivity contribution >= 4 is 63.5 Å². The summed E-state index contributed by atoms with van der Waals surface area (Å²) in [7, 11) is 3.92. The predicted molar refractivity (Wildman–Crippen MR) is 115 cm³/mol. The van der Waals surface area contributed by atoms with Gasteiger partial charge < -0.3 is 4.90 Å². The summed E-state index contributed by atoms with van der Waals surface area (Å²) in [5.74, 6) is -0.788. The Bertz CT molecular complexity index is 925. The molecule has 1 fully saturated rings. The zero-order valence-electron chi connectivity index (χ0n) is 14.6. The highest BCUT2D eigenvalue weighted by atomic mass is 35.5. The summed E-state index contributed by atoms with van der Waals surface area (Å²) < 4.78 is 0.276. The van der Waals surface area contributed by atoms with Gasteiger partial charge in [0.15, 0.2) is 4.32 Å². The van der Waals surface area contributed by atoms with Gasteiger partial charge in [0.1, 0.15) is 0 Å². The molecular formula is C19H16ClN3O2S2. The molecule has 0 atom stereocenters. The maximum atomic E-state index is 12.6. The SMILES string of the molecule is CN(C)c1ccc(C=C2SC(=S)N(NC(=O)c3ccc(Cl)cc3)C2=O)cc1. The van der Waals surface area contributed by atoms with Crippen LogP contribution in [0.1, 0.15) is 15.9 Å². The molecule has 0 spiro atoms. The summed E-state index contributed by atoms with van der Waals surface area (Å²) in [6, 6.07) is 14.2. The molecule has 27 heavy (non-hydrogen) atoms. The number of thiocarbonyl (C=S) groups is 1. The van der Waals surface area contributed by atoms with E-state index in [0.717, 1.165) is 28.0 Å². The smallest absolute Gasteiger partial charge is 0.285 e. The van der Waals surface area contributed by atoms with E-state index >= 15 is 0 Å². The first-order valence-corrected chi connectivity index (χ1v) is 9.57. The number of nitrogens with zero attached hydrogens (tertiary/aromatic N) is 2. The number of hydrazine groups is 1. The molecule has 1 heterocycles. The second kappa shape index (κ2) is 8.12. The minimum Gasteiger partial charge on any atom is -0.378 e. The molecule has 1 N–H and O–H groups in total. The van der Waals surface area contributed by atoms with Crippen LogP contribution >= 0.6 is 35.6 Å². The number of hydrogen-bond donors (Lipinski definition) is 1. The molecule has 0 aromatic heterocycles. The Hall–Kier alpha value is -2.35. The number of thioether (sulfide) groups is 1. The summed E-state index contributed by atoms with van der Waals surface area (Å²) in [5.41, 5.74) is 4.88. The van der Waals surface area contributed by atoms with Gasteiger partial charge in [0.2, 0.25) is 0 Å². The monoisotopic (exact) mass is 417 g/mol. The first-order chi connectivity index (χ1) is 12.8. The summed E-state index contributed by atoms with van der Waals surface area (Å²) in [6.07, 6.45) is 1.76. The molecule has 3 rings (SSSR count). The minimum absolute atomic E-state index is 0.276. The van der Waals surface area contributed by atoms with Crippen LogP contribution in [0.4, 0.5) is 5.69 Å². The van der Waals surface area contributed by atoms with Crippen molar-refractivity contribution in [1.82, 2.24) is 10.4 Å². The Kier molecular flexibility index (Phi) is 5.84. The Morgan fingerprint density at radius 2 is 1.78 bits per heavy atom. The van der Waals surface area contributed by atoms with Crippen molar-refractivity contribution in [1.29, 1.82) is 0 Å². The number of anilines is 1. The molecule has 2 amide bonds. The molecule has 2 aromatic carbocycles. The third-order valence-electron chi connectivity index (χ3n) is 3.82. The molecule has 2 aromatic rings. The molecule has 0 saturated carbocycles. The van der Waals surface area contributed by atoms with Crippen LogP contribution in [0.25, 0.3) is 6.08 Å². The number of benzene rings is 2. The average Bonchev–Trinajstić information content (AvgIpc) is 2.90. The van der Waals surface area contributed by atoms with E-state index in [0.29, 0.717) is 15.5 Å². The van der Waals surface area contributed by atoms with Crippen molar-refractivity contribution in [2.75, 3.05) is 19.0 Å². The van der Waals surface area contributed by atoms with Gasteiger partial charge in [-0.15, -0.1) is 0 Å². The van der Waals surface area contributed by atoms with E-state index in [2.05, 4.69) is 5.43 Å². The van der Waals surface area contributed by atoms with E-state index in [1.165, 1.54) is 0 Å². The number of amides is 2. The molecule has 1 aliphatic heterocycles. The van der Waals surface area contributed by atoms with Gasteiger partial charge >= 0.3 is 0 Å². The summed E-state index contributed by atoms with van der Waals surface area (Å²) >= 11 is 12.2. The first-order valence-electron chi connectivity index (χ1n) is 7.97. The largest absolute Gasteiger partial charge is 0.378 e. The minimum atomic E-state index is -0.431. The van der Waals surface area contributed by atoms with Crippen LogP contribution in [0.2, 0.25) is 5.02 Å². The van der Waals surface area contributed by atoms with Crippen molar-refractivity contribution in [3.63, 3.8) is 0 Å². The molecule has 138 valence electrons. The average molecular weight is 418 g/mol. The number of halogens is 1. The van der Waals surface area contributed by atoms with Gasteiger partial charge in [-0.05, 0) is 60.3 Å². The normalized spacial score (nSPS) is 15.4. The van der Waals surface area contributed by atoms with Crippen molar-refractivity contribution in [3.8, 4) is 0 Å². The number of nitrogens with one attached hydrogen (secondary N) is 1. The van der Waals surface area contributed by atoms with E-state index in [-0.39, 0.29) is 10.2 Å². The van der Waals surface area contributed by atoms with Crippen LogP contribution in [0.3, 0.4) is 0 Å². The standard InChI is InChI=1S/C19H16ClN3O2S2/c1-22(2)15-9-3-12(4-10-15)11-16-18(25)23(19(26)27-16)21-17(24)13-5-7-14(20)8-6-13/h3-11H,1-2H3,(H,21,24). The second-order valence-electron chi connectivity index (χ2n) is 5.95. The van der Waals surface area contributed by atoms with Crippen LogP contribution in [-0.2, 0) is 4.79 Å². The molecular weight excluding hydrogens is 402 g/mol. The van der Waals surface area contributed by atoms with Crippen LogP contribution in [-0.4, -0.2) is 35.2 Å². The Morgan fingerprint density at radius 3 is 2.37 bits per heavy atom. The topological polar surface area (TPSA) is 52.6 Å². The highest BCUT2D eigenvalue weighted by Gasteiger charge is 2.33. The zero-order chi connectivity index (χ0) is 19.6. The van der Waals surface area contributed by atoms with Crippen molar-refractivity contribution in [3.05, 3.63) is 69.6 Å². The number of hydrogen-bond acceptors (Lipinski definition) is 5. The molecule has 0 bridgehead atoms. The first kappa shape index (κ1) is 19.4. The lowest BCUT2D eigenvalue weighted by Crippen LogP contribution is -2.44. The molecule has 0 unspecified atom stereocenters. The Labute approximate surface area is 171 Å². The lowest BCUT2D eigenvalue weighted by molar-refractivity contribution is -0.123. The van der Waals surface area contributed by atoms with Gasteiger partial charge in [-0.2, -0.15) is 5.01 Å². The molecule has 8 heteroatoms. The highest BCUT2D eigenvalue weighted by Crippen LogP contribution is 2.31. The fourth-order valence-corrected chi connectivity index (χ4v) is 3.66. The van der Waals surface area contributed by atoms with Crippen LogP contribution in [0.5, 0.6) is 0 Å². The Balaban J connectivity index is 1.74. The van der Waals surface area contributed by atoms with Crippen LogP contribution in [0, 0.1) is 0 Å². The van der Waals surface area contributed by atoms with Crippen molar-refractivity contribution in [2.45, 2.75) is 0 Å². The predicted octanol–water partition coefficient (Wildman–Crippen LogP) is 3.95. The fraction of sp³-hybridized carbons (Fsp3) is 0.105. The second-order valence-corrected chi connectivity index (χ2v) is 8.06. The molecule has 1 saturated heterocycles. The maximum Gasteiger partial charge on any atom is 0.285 e. The number of rotatable bonds is 4. The fourth-order valence-electron chi connectivity index (χ4n) is 2.35. The van der Waals surface area contributed by atoms with E-state index in [9.17, 15) is 9.59 Å². The molecule has 0 aliphatic carbocycles. The van der Waals surface area contributed by atoms with E-state index in [4.69, 9.17) is 23.8 Å². The summed E-state index contributed by atoms with van der Waals surface area (Å²) in [5, 5.41) is 1.62. The van der Waals surface area contributed by atoms with Gasteiger partial charge in [-0.3, -0.25) is 15.0 Å².